The molecule has 0 spiro atoms. The maximum absolute atomic E-state index is 5.35. The van der Waals surface area contributed by atoms with E-state index in [9.17, 15) is 0 Å². The van der Waals surface area contributed by atoms with Gasteiger partial charge in [-0.15, -0.1) is 5.70 Å². The summed E-state index contributed by atoms with van der Waals surface area (Å²) in [6, 6.07) is 13.6. The van der Waals surface area contributed by atoms with Crippen molar-refractivity contribution in [3.63, 3.8) is 0 Å². The van der Waals surface area contributed by atoms with Crippen LogP contribution in [0.2, 0.25) is 0 Å². The molecule has 32 heavy (non-hydrogen) atoms. The van der Waals surface area contributed by atoms with Gasteiger partial charge in [0.25, 0.3) is 0 Å². The Kier molecular flexibility index (Phi) is 3.16. The molecule has 3 aromatic rings. The molecule has 0 radical (unpaired) electrons. The molecule has 1 aromatic heterocycles. The van der Waals surface area contributed by atoms with Gasteiger partial charge < -0.3 is 5.43 Å². The maximum Gasteiger partial charge on any atom is 0.0924 e. The van der Waals surface area contributed by atoms with Crippen LogP contribution >= 0.6 is 0 Å². The number of hydrogen-bond donors (Lipinski definition) is 0. The topological polar surface area (TPSA) is 38.4 Å². The van der Waals surface area contributed by atoms with Gasteiger partial charge in [-0.25, -0.2) is 0 Å². The van der Waals surface area contributed by atoms with E-state index in [0.717, 1.165) is 24.2 Å². The van der Waals surface area contributed by atoms with Crippen molar-refractivity contribution >= 4 is 11.4 Å². The van der Waals surface area contributed by atoms with E-state index in [1.807, 2.05) is 0 Å². The Morgan fingerprint density at radius 3 is 2.72 bits per heavy atom. The van der Waals surface area contributed by atoms with Gasteiger partial charge in [0, 0.05) is 29.1 Å². The molecule has 2 aromatic carbocycles. The van der Waals surface area contributed by atoms with Crippen LogP contribution in [0.25, 0.3) is 22.2 Å². The minimum absolute atomic E-state index is 0.00157. The third kappa shape index (κ3) is 1.93. The third-order valence-electron chi connectivity index (χ3n) is 8.51. The Morgan fingerprint density at radius 1 is 1.09 bits per heavy atom. The van der Waals surface area contributed by atoms with Crippen LogP contribution in [0.15, 0.2) is 42.1 Å². The fraction of sp³-hybridized carbons (Fsp3) is 0.370. The quantitative estimate of drug-likeness (QED) is 0.532. The molecule has 1 unspecified atom stereocenters. The van der Waals surface area contributed by atoms with Crippen LogP contribution in [0.1, 0.15) is 53.9 Å². The largest absolute Gasteiger partial charge is 0.602 e. The SMILES string of the molecule is Cc1ccc(C)c(CC2=C3c4c(c(C)nn4C)-c4cccc5c4N3N([N-]2)[C@]2(C)CC52C)c1. The second kappa shape index (κ2) is 5.46. The lowest BCUT2D eigenvalue weighted by Crippen LogP contribution is -2.50. The third-order valence-corrected chi connectivity index (χ3v) is 8.51. The molecule has 1 aliphatic carbocycles. The molecule has 4 heterocycles. The van der Waals surface area contributed by atoms with E-state index in [0.29, 0.717) is 0 Å². The van der Waals surface area contributed by atoms with Gasteiger partial charge in [-0.2, -0.15) is 5.10 Å². The number of anilines is 1. The number of aryl methyl sites for hydroxylation is 4. The predicted molar refractivity (Wildman–Crippen MR) is 128 cm³/mol. The van der Waals surface area contributed by atoms with E-state index >= 15 is 0 Å². The molecule has 7 rings (SSSR count). The molecule has 1 fully saturated rings. The highest BCUT2D eigenvalue weighted by Gasteiger charge is 2.69. The number of benzene rings is 2. The Bertz CT molecular complexity index is 1400. The standard InChI is InChI=1S/C27H28N5/c1-15-10-11-16(2)18(12-15)13-21-24-25-22(17(3)28-30(25)6)19-8-7-9-20-23(19)31(24)32(29-21)27(5)14-26(20,27)4/h7-12H,13-14H2,1-6H3/q-1/t26?,27-/m1/s1. The van der Waals surface area contributed by atoms with E-state index in [1.54, 1.807) is 0 Å². The minimum Gasteiger partial charge on any atom is -0.602 e. The summed E-state index contributed by atoms with van der Waals surface area (Å²) in [6.45, 7) is 11.3. The molecule has 2 atom stereocenters. The summed E-state index contributed by atoms with van der Waals surface area (Å²) in [7, 11) is 2.07. The highest BCUT2D eigenvalue weighted by Crippen LogP contribution is 2.71. The number of fused-ring (bicyclic) bond motifs is 6. The normalized spacial score (nSPS) is 26.6. The molecule has 0 saturated heterocycles. The molecule has 4 aliphatic rings. The Labute approximate surface area is 189 Å². The van der Waals surface area contributed by atoms with Crippen molar-refractivity contribution < 1.29 is 0 Å². The number of hydrazine groups is 1. The molecule has 5 nitrogen and oxygen atoms in total. The molecular formula is C27H28N5-. The average molecular weight is 423 g/mol. The van der Waals surface area contributed by atoms with Crippen molar-refractivity contribution in [3.8, 4) is 11.1 Å². The number of rotatable bonds is 2. The monoisotopic (exact) mass is 422 g/mol. The van der Waals surface area contributed by atoms with Crippen LogP contribution in [-0.4, -0.2) is 20.4 Å². The van der Waals surface area contributed by atoms with Crippen LogP contribution in [0, 0.1) is 20.8 Å². The summed E-state index contributed by atoms with van der Waals surface area (Å²) in [5, 5.41) is 9.59. The van der Waals surface area contributed by atoms with Crippen LogP contribution < -0.4 is 5.01 Å². The number of aromatic nitrogens is 2. The zero-order valence-corrected chi connectivity index (χ0v) is 19.6. The van der Waals surface area contributed by atoms with E-state index in [1.165, 1.54) is 50.5 Å². The van der Waals surface area contributed by atoms with Gasteiger partial charge >= 0.3 is 0 Å². The van der Waals surface area contributed by atoms with Crippen molar-refractivity contribution in [2.45, 2.75) is 58.4 Å². The first-order valence-electron chi connectivity index (χ1n) is 11.5. The lowest BCUT2D eigenvalue weighted by molar-refractivity contribution is 0.229. The van der Waals surface area contributed by atoms with Crippen molar-refractivity contribution in [1.82, 2.24) is 14.9 Å². The molecule has 1 saturated carbocycles. The minimum atomic E-state index is -0.00157. The van der Waals surface area contributed by atoms with Gasteiger partial charge in [0.15, 0.2) is 0 Å². The summed E-state index contributed by atoms with van der Waals surface area (Å²) < 4.78 is 2.06. The Balaban J connectivity index is 1.53. The first-order valence-corrected chi connectivity index (χ1v) is 11.5. The number of para-hydroxylation sites is 1. The summed E-state index contributed by atoms with van der Waals surface area (Å²) in [6.07, 6.45) is 1.94. The van der Waals surface area contributed by atoms with Crippen LogP contribution in [0.3, 0.4) is 0 Å². The maximum atomic E-state index is 5.35. The van der Waals surface area contributed by atoms with Crippen LogP contribution in [0.4, 0.5) is 5.69 Å². The van der Waals surface area contributed by atoms with E-state index in [4.69, 9.17) is 10.5 Å². The highest BCUT2D eigenvalue weighted by molar-refractivity contribution is 6.03. The molecule has 5 heteroatoms. The molecule has 0 bridgehead atoms. The summed E-state index contributed by atoms with van der Waals surface area (Å²) >= 11 is 0. The highest BCUT2D eigenvalue weighted by atomic mass is 15.9. The van der Waals surface area contributed by atoms with Crippen molar-refractivity contribution in [1.29, 1.82) is 0 Å². The first-order chi connectivity index (χ1) is 15.2. The van der Waals surface area contributed by atoms with Gasteiger partial charge in [-0.05, 0) is 57.2 Å². The molecular weight excluding hydrogens is 394 g/mol. The van der Waals surface area contributed by atoms with Gasteiger partial charge in [0.2, 0.25) is 0 Å². The van der Waals surface area contributed by atoms with Crippen molar-refractivity contribution in [2.24, 2.45) is 7.05 Å². The number of allylic oxidation sites excluding steroid dienone is 1. The van der Waals surface area contributed by atoms with Gasteiger partial charge in [0.1, 0.15) is 0 Å². The Hall–Kier alpha value is -3.05. The molecule has 0 amide bonds. The average Bonchev–Trinajstić information content (AvgIpc) is 3.02. The summed E-state index contributed by atoms with van der Waals surface area (Å²) in [5.41, 5.74) is 19.3. The zero-order chi connectivity index (χ0) is 22.2. The summed E-state index contributed by atoms with van der Waals surface area (Å²) in [5.74, 6) is 0. The van der Waals surface area contributed by atoms with Gasteiger partial charge in [-0.1, -0.05) is 48.9 Å². The lowest BCUT2D eigenvalue weighted by atomic mass is 9.83. The fourth-order valence-electron chi connectivity index (χ4n) is 6.48. The first kappa shape index (κ1) is 18.5. The van der Waals surface area contributed by atoms with Gasteiger partial charge in [0.05, 0.1) is 22.8 Å². The molecule has 0 N–H and O–H groups in total. The van der Waals surface area contributed by atoms with Crippen LogP contribution in [-0.2, 0) is 18.9 Å². The Morgan fingerprint density at radius 2 is 1.91 bits per heavy atom. The number of hydrogen-bond acceptors (Lipinski definition) is 3. The van der Waals surface area contributed by atoms with Gasteiger partial charge in [-0.3, -0.25) is 14.8 Å². The van der Waals surface area contributed by atoms with Crippen molar-refractivity contribution in [2.75, 3.05) is 5.01 Å². The van der Waals surface area contributed by atoms with E-state index in [2.05, 4.69) is 92.9 Å². The fourth-order valence-corrected chi connectivity index (χ4v) is 6.48. The second-order valence-electron chi connectivity index (χ2n) is 10.5. The van der Waals surface area contributed by atoms with Crippen molar-refractivity contribution in [3.05, 3.63) is 81.2 Å². The second-order valence-corrected chi connectivity index (χ2v) is 10.5. The summed E-state index contributed by atoms with van der Waals surface area (Å²) in [4.78, 5) is 0. The van der Waals surface area contributed by atoms with Crippen LogP contribution in [0.5, 0.6) is 0 Å². The number of nitrogens with zero attached hydrogens (tertiary/aromatic N) is 5. The smallest absolute Gasteiger partial charge is 0.0924 e. The van der Waals surface area contributed by atoms with E-state index in [-0.39, 0.29) is 11.0 Å². The molecule has 3 aliphatic heterocycles. The lowest BCUT2D eigenvalue weighted by Gasteiger charge is -2.53. The van der Waals surface area contributed by atoms with E-state index < -0.39 is 0 Å². The zero-order valence-electron chi connectivity index (χ0n) is 19.6. The predicted octanol–water partition coefficient (Wildman–Crippen LogP) is 5.70. The molecule has 162 valence electrons.